The molecule has 0 atom stereocenters. The number of carbonyl (C=O) groups is 1. The van der Waals surface area contributed by atoms with Crippen LogP contribution in [-0.2, 0) is 0 Å². The van der Waals surface area contributed by atoms with E-state index in [9.17, 15) is 4.79 Å². The van der Waals surface area contributed by atoms with Crippen LogP contribution in [0, 0.1) is 0 Å². The molecule has 0 radical (unpaired) electrons. The average molecular weight is 329 g/mol. The maximum atomic E-state index is 10.9. The minimum atomic E-state index is -1.15. The molecule has 0 amide bonds. The summed E-state index contributed by atoms with van der Waals surface area (Å²) in [4.78, 5) is 10.9. The van der Waals surface area contributed by atoms with E-state index >= 15 is 0 Å². The number of para-hydroxylation sites is 1. The van der Waals surface area contributed by atoms with Crippen molar-refractivity contribution in [3.05, 3.63) is 45.5 Å². The number of hydrogen-bond donors (Lipinski definition) is 2. The van der Waals surface area contributed by atoms with Crippen LogP contribution in [0.15, 0.2) is 34.8 Å². The van der Waals surface area contributed by atoms with E-state index in [0.717, 1.165) is 10.2 Å². The number of anilines is 2. The predicted octanol–water partition coefficient (Wildman–Crippen LogP) is 3.33. The van der Waals surface area contributed by atoms with Crippen molar-refractivity contribution in [3.8, 4) is 0 Å². The number of nitrogens with one attached hydrogen (secondary N) is 1. The van der Waals surface area contributed by atoms with Crippen LogP contribution in [0.1, 0.15) is 10.4 Å². The fourth-order valence-electron chi connectivity index (χ4n) is 1.29. The Morgan fingerprint density at radius 1 is 1.33 bits per heavy atom. The Bertz CT molecular complexity index is 607. The first-order valence-corrected chi connectivity index (χ1v) is 6.03. The quantitative estimate of drug-likeness (QED) is 0.904. The van der Waals surface area contributed by atoms with E-state index in [1.807, 2.05) is 24.3 Å². The summed E-state index contributed by atoms with van der Waals surface area (Å²) in [5.41, 5.74) is 0.659. The maximum absolute atomic E-state index is 10.9. The number of carboxylic acids is 1. The van der Waals surface area contributed by atoms with Crippen molar-refractivity contribution in [2.75, 3.05) is 5.32 Å². The number of benzene rings is 1. The maximum Gasteiger partial charge on any atom is 0.339 e. The van der Waals surface area contributed by atoms with E-state index in [-0.39, 0.29) is 10.7 Å². The lowest BCUT2D eigenvalue weighted by Crippen LogP contribution is -2.04. The van der Waals surface area contributed by atoms with Crippen LogP contribution in [0.3, 0.4) is 0 Å². The van der Waals surface area contributed by atoms with E-state index in [4.69, 9.17) is 16.7 Å². The molecule has 92 valence electrons. The van der Waals surface area contributed by atoms with Crippen LogP contribution in [0.2, 0.25) is 5.15 Å². The summed E-state index contributed by atoms with van der Waals surface area (Å²) in [6.45, 7) is 0. The molecular weight excluding hydrogens is 321 g/mol. The summed E-state index contributed by atoms with van der Waals surface area (Å²) >= 11 is 9.00. The molecule has 7 heteroatoms. The molecule has 0 aliphatic rings. The Morgan fingerprint density at radius 3 is 2.72 bits per heavy atom. The molecule has 0 unspecified atom stereocenters. The van der Waals surface area contributed by atoms with Gasteiger partial charge in [-0.05, 0) is 28.1 Å². The van der Waals surface area contributed by atoms with E-state index in [2.05, 4.69) is 31.4 Å². The highest BCUT2D eigenvalue weighted by molar-refractivity contribution is 9.10. The summed E-state index contributed by atoms with van der Waals surface area (Å²) in [5.74, 6) is -0.839. The molecule has 0 bridgehead atoms. The summed E-state index contributed by atoms with van der Waals surface area (Å²) in [6, 6.07) is 8.71. The molecule has 1 heterocycles. The average Bonchev–Trinajstić information content (AvgIpc) is 2.34. The molecule has 0 aliphatic carbocycles. The van der Waals surface area contributed by atoms with Gasteiger partial charge in [-0.25, -0.2) is 4.79 Å². The van der Waals surface area contributed by atoms with Gasteiger partial charge in [-0.1, -0.05) is 23.7 Å². The first-order valence-electron chi connectivity index (χ1n) is 4.86. The topological polar surface area (TPSA) is 75.1 Å². The molecule has 18 heavy (non-hydrogen) atoms. The fourth-order valence-corrected chi connectivity index (χ4v) is 1.85. The van der Waals surface area contributed by atoms with E-state index in [0.29, 0.717) is 5.82 Å². The normalized spacial score (nSPS) is 10.1. The van der Waals surface area contributed by atoms with Crippen molar-refractivity contribution in [1.29, 1.82) is 0 Å². The van der Waals surface area contributed by atoms with Crippen LogP contribution < -0.4 is 5.32 Å². The Kier molecular flexibility index (Phi) is 3.78. The lowest BCUT2D eigenvalue weighted by Gasteiger charge is -2.07. The number of halogens is 2. The van der Waals surface area contributed by atoms with Gasteiger partial charge in [-0.15, -0.1) is 10.2 Å². The standard InChI is InChI=1S/C11H7BrClN3O2/c12-7-3-1-2-4-8(7)14-9-5-6(11(17)18)10(13)16-15-9/h1-5H,(H,14,15)(H,17,18). The van der Waals surface area contributed by atoms with Crippen molar-refractivity contribution < 1.29 is 9.90 Å². The first kappa shape index (κ1) is 12.8. The van der Waals surface area contributed by atoms with Gasteiger partial charge >= 0.3 is 5.97 Å². The minimum absolute atomic E-state index is 0.0961. The van der Waals surface area contributed by atoms with Crippen LogP contribution in [0.5, 0.6) is 0 Å². The molecule has 1 aromatic carbocycles. The summed E-state index contributed by atoms with van der Waals surface area (Å²) < 4.78 is 0.832. The molecule has 5 nitrogen and oxygen atoms in total. The van der Waals surface area contributed by atoms with Crippen molar-refractivity contribution >= 4 is 45.0 Å². The van der Waals surface area contributed by atoms with Crippen LogP contribution in [0.25, 0.3) is 0 Å². The molecule has 2 aromatic rings. The molecule has 1 aromatic heterocycles. The molecule has 0 fully saturated rings. The third-order valence-corrected chi connectivity index (χ3v) is 3.09. The zero-order valence-electron chi connectivity index (χ0n) is 8.89. The number of hydrogen-bond acceptors (Lipinski definition) is 4. The van der Waals surface area contributed by atoms with Gasteiger partial charge in [-0.3, -0.25) is 0 Å². The number of aromatic nitrogens is 2. The van der Waals surface area contributed by atoms with Crippen molar-refractivity contribution in [2.45, 2.75) is 0 Å². The van der Waals surface area contributed by atoms with Crippen LogP contribution >= 0.6 is 27.5 Å². The lowest BCUT2D eigenvalue weighted by molar-refractivity contribution is 0.0696. The fraction of sp³-hybridized carbons (Fsp3) is 0. The second kappa shape index (κ2) is 5.32. The number of aromatic carboxylic acids is 1. The summed E-state index contributed by atoms with van der Waals surface area (Å²) in [7, 11) is 0. The summed E-state index contributed by atoms with van der Waals surface area (Å²) in [6.07, 6.45) is 0. The van der Waals surface area contributed by atoms with Crippen molar-refractivity contribution in [2.24, 2.45) is 0 Å². The number of nitrogens with zero attached hydrogens (tertiary/aromatic N) is 2. The van der Waals surface area contributed by atoms with Crippen LogP contribution in [0.4, 0.5) is 11.5 Å². The molecule has 2 N–H and O–H groups in total. The van der Waals surface area contributed by atoms with Gasteiger partial charge in [0.1, 0.15) is 5.56 Å². The van der Waals surface area contributed by atoms with Gasteiger partial charge in [0.05, 0.1) is 5.69 Å². The van der Waals surface area contributed by atoms with Gasteiger partial charge in [0.25, 0.3) is 0 Å². The Morgan fingerprint density at radius 2 is 2.06 bits per heavy atom. The monoisotopic (exact) mass is 327 g/mol. The van der Waals surface area contributed by atoms with Gasteiger partial charge in [0.2, 0.25) is 0 Å². The molecule has 0 spiro atoms. The Balaban J connectivity index is 2.33. The highest BCUT2D eigenvalue weighted by atomic mass is 79.9. The number of carboxylic acid groups (broad SMARTS) is 1. The highest BCUT2D eigenvalue weighted by Crippen LogP contribution is 2.25. The molecule has 0 saturated heterocycles. The predicted molar refractivity (Wildman–Crippen MR) is 71.4 cm³/mol. The number of rotatable bonds is 3. The van der Waals surface area contributed by atoms with Crippen molar-refractivity contribution in [1.82, 2.24) is 10.2 Å². The third-order valence-electron chi connectivity index (χ3n) is 2.12. The Hall–Kier alpha value is -1.66. The molecule has 2 rings (SSSR count). The zero-order valence-corrected chi connectivity index (χ0v) is 11.2. The summed E-state index contributed by atoms with van der Waals surface area (Å²) in [5, 5.41) is 19.1. The molecule has 0 aliphatic heterocycles. The van der Waals surface area contributed by atoms with E-state index in [1.165, 1.54) is 6.07 Å². The Labute approximate surface area is 116 Å². The highest BCUT2D eigenvalue weighted by Gasteiger charge is 2.12. The smallest absolute Gasteiger partial charge is 0.339 e. The largest absolute Gasteiger partial charge is 0.478 e. The van der Waals surface area contributed by atoms with E-state index in [1.54, 1.807) is 0 Å². The molecule has 0 saturated carbocycles. The first-order chi connectivity index (χ1) is 8.58. The molecular formula is C11H7BrClN3O2. The lowest BCUT2D eigenvalue weighted by atomic mass is 10.3. The van der Waals surface area contributed by atoms with Crippen molar-refractivity contribution in [3.63, 3.8) is 0 Å². The minimum Gasteiger partial charge on any atom is -0.478 e. The second-order valence-electron chi connectivity index (χ2n) is 3.34. The van der Waals surface area contributed by atoms with Gasteiger partial charge in [0.15, 0.2) is 11.0 Å². The van der Waals surface area contributed by atoms with Gasteiger partial charge in [-0.2, -0.15) is 0 Å². The van der Waals surface area contributed by atoms with Crippen LogP contribution in [-0.4, -0.2) is 21.3 Å². The third kappa shape index (κ3) is 2.77. The van der Waals surface area contributed by atoms with Gasteiger partial charge in [0, 0.05) is 10.5 Å². The second-order valence-corrected chi connectivity index (χ2v) is 4.56. The van der Waals surface area contributed by atoms with E-state index < -0.39 is 5.97 Å². The zero-order chi connectivity index (χ0) is 13.1. The SMILES string of the molecule is O=C(O)c1cc(Nc2ccccc2Br)nnc1Cl. The van der Waals surface area contributed by atoms with Gasteiger partial charge < -0.3 is 10.4 Å².